The lowest BCUT2D eigenvalue weighted by Crippen LogP contribution is -2.23. The number of nitrogens with zero attached hydrogens (tertiary/aromatic N) is 2. The van der Waals surface area contributed by atoms with E-state index in [0.717, 1.165) is 21.1 Å². The van der Waals surface area contributed by atoms with E-state index in [0.29, 0.717) is 18.0 Å². The number of hydrogen-bond acceptors (Lipinski definition) is 5. The first kappa shape index (κ1) is 16.1. The summed E-state index contributed by atoms with van der Waals surface area (Å²) in [5.74, 6) is 0.106. The summed E-state index contributed by atoms with van der Waals surface area (Å²) in [7, 11) is 1.50. The number of amides is 1. The van der Waals surface area contributed by atoms with Crippen molar-refractivity contribution in [3.63, 3.8) is 0 Å². The Morgan fingerprint density at radius 2 is 2.00 bits per heavy atom. The van der Waals surface area contributed by atoms with Crippen molar-refractivity contribution in [2.24, 2.45) is 0 Å². The Labute approximate surface area is 144 Å². The molecule has 0 atom stereocenters. The molecule has 0 unspecified atom stereocenters. The third kappa shape index (κ3) is 3.44. The minimum Gasteiger partial charge on any atom is -0.480 e. The van der Waals surface area contributed by atoms with Gasteiger partial charge in [0.15, 0.2) is 0 Å². The number of methoxy groups -OCH3 is 1. The number of hydrogen-bond donors (Lipinski definition) is 1. The van der Waals surface area contributed by atoms with Crippen molar-refractivity contribution in [3.8, 4) is 16.5 Å². The Kier molecular flexibility index (Phi) is 4.86. The molecule has 0 spiro atoms. The van der Waals surface area contributed by atoms with Crippen LogP contribution in [-0.4, -0.2) is 23.0 Å². The van der Waals surface area contributed by atoms with Gasteiger partial charge in [-0.25, -0.2) is 9.97 Å². The lowest BCUT2D eigenvalue weighted by molar-refractivity contribution is 0.0947. The van der Waals surface area contributed by atoms with E-state index < -0.39 is 0 Å². The molecule has 0 aliphatic rings. The number of nitrogens with one attached hydrogen (secondary N) is 1. The Morgan fingerprint density at radius 1 is 1.21 bits per heavy atom. The normalized spacial score (nSPS) is 10.4. The van der Waals surface area contributed by atoms with Crippen molar-refractivity contribution < 1.29 is 9.53 Å². The lowest BCUT2D eigenvalue weighted by Gasteiger charge is -2.07. The van der Waals surface area contributed by atoms with Crippen LogP contribution in [0, 0.1) is 6.92 Å². The van der Waals surface area contributed by atoms with Gasteiger partial charge in [-0.3, -0.25) is 4.79 Å². The van der Waals surface area contributed by atoms with Crippen LogP contribution in [0.1, 0.15) is 20.9 Å². The highest BCUT2D eigenvalue weighted by atomic mass is 32.1. The van der Waals surface area contributed by atoms with E-state index in [2.05, 4.69) is 15.3 Å². The molecular weight excluding hydrogens is 322 g/mol. The minimum atomic E-state index is -0.214. The molecule has 0 radical (unpaired) electrons. The van der Waals surface area contributed by atoms with E-state index in [9.17, 15) is 4.79 Å². The Hall–Kier alpha value is -2.73. The molecule has 3 rings (SSSR count). The Morgan fingerprint density at radius 3 is 2.75 bits per heavy atom. The molecule has 0 aliphatic carbocycles. The highest BCUT2D eigenvalue weighted by Gasteiger charge is 2.14. The maximum absolute atomic E-state index is 12.3. The van der Waals surface area contributed by atoms with Gasteiger partial charge >= 0.3 is 0 Å². The summed E-state index contributed by atoms with van der Waals surface area (Å²) in [5.41, 5.74) is 2.43. The van der Waals surface area contributed by atoms with Gasteiger partial charge in [0.05, 0.1) is 19.3 Å². The fraction of sp³-hybridized carbons (Fsp3) is 0.167. The summed E-state index contributed by atoms with van der Waals surface area (Å²) in [6.07, 6.45) is 1.59. The maximum Gasteiger partial charge on any atom is 0.257 e. The van der Waals surface area contributed by atoms with Crippen LogP contribution in [0.2, 0.25) is 0 Å². The van der Waals surface area contributed by atoms with Crippen molar-refractivity contribution in [1.82, 2.24) is 15.3 Å². The molecule has 0 saturated heterocycles. The number of rotatable bonds is 5. The molecule has 6 heteroatoms. The number of carbonyl (C=O) groups is 1. The van der Waals surface area contributed by atoms with Crippen LogP contribution < -0.4 is 10.1 Å². The Bertz CT molecular complexity index is 846. The van der Waals surface area contributed by atoms with Crippen LogP contribution in [0.5, 0.6) is 5.88 Å². The molecule has 24 heavy (non-hydrogen) atoms. The summed E-state index contributed by atoms with van der Waals surface area (Å²) in [6.45, 7) is 2.38. The standard InChI is InChI=1S/C18H17N3O2S/c1-12-15(24-18(21-12)13-7-4-3-5-8-13)11-20-16(22)14-9-6-10-19-17(14)23-2/h3-10H,11H2,1-2H3,(H,20,22). The predicted octanol–water partition coefficient (Wildman–Crippen LogP) is 3.45. The average Bonchev–Trinajstić information content (AvgIpc) is 3.01. The van der Waals surface area contributed by atoms with Gasteiger partial charge in [0.1, 0.15) is 10.6 Å². The van der Waals surface area contributed by atoms with E-state index in [-0.39, 0.29) is 5.91 Å². The van der Waals surface area contributed by atoms with Gasteiger partial charge < -0.3 is 10.1 Å². The van der Waals surface area contributed by atoms with E-state index >= 15 is 0 Å². The van der Waals surface area contributed by atoms with Gasteiger partial charge in [0.2, 0.25) is 5.88 Å². The third-order valence-electron chi connectivity index (χ3n) is 3.53. The smallest absolute Gasteiger partial charge is 0.257 e. The maximum atomic E-state index is 12.3. The zero-order valence-corrected chi connectivity index (χ0v) is 14.3. The molecule has 1 N–H and O–H groups in total. The van der Waals surface area contributed by atoms with Crippen LogP contribution in [0.25, 0.3) is 10.6 Å². The molecule has 0 aliphatic heterocycles. The minimum absolute atomic E-state index is 0.214. The molecule has 122 valence electrons. The molecule has 5 nitrogen and oxygen atoms in total. The van der Waals surface area contributed by atoms with Crippen LogP contribution in [0.3, 0.4) is 0 Å². The lowest BCUT2D eigenvalue weighted by atomic mass is 10.2. The fourth-order valence-corrected chi connectivity index (χ4v) is 3.29. The van der Waals surface area contributed by atoms with Gasteiger partial charge in [-0.1, -0.05) is 30.3 Å². The third-order valence-corrected chi connectivity index (χ3v) is 4.74. The highest BCUT2D eigenvalue weighted by molar-refractivity contribution is 7.15. The summed E-state index contributed by atoms with van der Waals surface area (Å²) in [5, 5.41) is 3.86. The van der Waals surface area contributed by atoms with E-state index in [1.54, 1.807) is 29.7 Å². The summed E-state index contributed by atoms with van der Waals surface area (Å²) < 4.78 is 5.12. The van der Waals surface area contributed by atoms with Gasteiger partial charge in [-0.05, 0) is 19.1 Å². The predicted molar refractivity (Wildman–Crippen MR) is 94.2 cm³/mol. The number of thiazole rings is 1. The number of pyridine rings is 1. The van der Waals surface area contributed by atoms with Crippen LogP contribution in [-0.2, 0) is 6.54 Å². The second kappa shape index (κ2) is 7.23. The SMILES string of the molecule is COc1ncccc1C(=O)NCc1sc(-c2ccccc2)nc1C. The van der Waals surface area contributed by atoms with Gasteiger partial charge in [-0.2, -0.15) is 0 Å². The Balaban J connectivity index is 1.73. The average molecular weight is 339 g/mol. The highest BCUT2D eigenvalue weighted by Crippen LogP contribution is 2.27. The van der Waals surface area contributed by atoms with Crippen molar-refractivity contribution >= 4 is 17.2 Å². The topological polar surface area (TPSA) is 64.1 Å². The molecular formula is C18H17N3O2S. The summed E-state index contributed by atoms with van der Waals surface area (Å²) >= 11 is 1.59. The van der Waals surface area contributed by atoms with Gasteiger partial charge in [0.25, 0.3) is 5.91 Å². The van der Waals surface area contributed by atoms with Gasteiger partial charge in [-0.15, -0.1) is 11.3 Å². The zero-order chi connectivity index (χ0) is 16.9. The second-order valence-corrected chi connectivity index (χ2v) is 6.22. The molecule has 1 amide bonds. The molecule has 1 aromatic carbocycles. The number of aryl methyl sites for hydroxylation is 1. The number of aromatic nitrogens is 2. The van der Waals surface area contributed by atoms with Crippen LogP contribution in [0.15, 0.2) is 48.7 Å². The molecule has 0 bridgehead atoms. The number of benzene rings is 1. The first-order valence-corrected chi connectivity index (χ1v) is 8.29. The van der Waals surface area contributed by atoms with Crippen molar-refractivity contribution in [3.05, 3.63) is 64.8 Å². The van der Waals surface area contributed by atoms with E-state index in [1.807, 2.05) is 37.3 Å². The quantitative estimate of drug-likeness (QED) is 0.773. The van der Waals surface area contributed by atoms with Crippen molar-refractivity contribution in [1.29, 1.82) is 0 Å². The second-order valence-electron chi connectivity index (χ2n) is 5.14. The van der Waals surface area contributed by atoms with E-state index in [1.165, 1.54) is 7.11 Å². The summed E-state index contributed by atoms with van der Waals surface area (Å²) in [6, 6.07) is 13.4. The fourth-order valence-electron chi connectivity index (χ4n) is 2.28. The number of carbonyl (C=O) groups excluding carboxylic acids is 1. The van der Waals surface area contributed by atoms with Crippen LogP contribution in [0.4, 0.5) is 0 Å². The largest absolute Gasteiger partial charge is 0.480 e. The zero-order valence-electron chi connectivity index (χ0n) is 13.4. The van der Waals surface area contributed by atoms with Crippen LogP contribution >= 0.6 is 11.3 Å². The molecule has 0 fully saturated rings. The van der Waals surface area contributed by atoms with E-state index in [4.69, 9.17) is 4.74 Å². The summed E-state index contributed by atoms with van der Waals surface area (Å²) in [4.78, 5) is 22.0. The van der Waals surface area contributed by atoms with Gasteiger partial charge in [0, 0.05) is 16.6 Å². The molecule has 3 aromatic rings. The number of ether oxygens (including phenoxy) is 1. The first-order valence-electron chi connectivity index (χ1n) is 7.48. The van der Waals surface area contributed by atoms with Crippen molar-refractivity contribution in [2.45, 2.75) is 13.5 Å². The molecule has 2 heterocycles. The first-order chi connectivity index (χ1) is 11.7. The monoisotopic (exact) mass is 339 g/mol. The molecule has 2 aromatic heterocycles. The molecule has 0 saturated carbocycles. The van der Waals surface area contributed by atoms with Crippen molar-refractivity contribution in [2.75, 3.05) is 7.11 Å².